The molecule has 0 heterocycles. The van der Waals surface area contributed by atoms with Crippen molar-refractivity contribution in [3.8, 4) is 0 Å². The zero-order valence-electron chi connectivity index (χ0n) is 21.5. The molecule has 0 atom stereocenters. The summed E-state index contributed by atoms with van der Waals surface area (Å²) in [6, 6.07) is 9.47. The minimum Gasteiger partial charge on any atom is -0.378 e. The molecule has 0 saturated heterocycles. The maximum absolute atomic E-state index is 6.32. The van der Waals surface area contributed by atoms with Gasteiger partial charge < -0.3 is 4.74 Å². The molecular weight excluding hydrogens is 388 g/mol. The summed E-state index contributed by atoms with van der Waals surface area (Å²) in [5.74, 6) is 2.79. The van der Waals surface area contributed by atoms with Crippen molar-refractivity contribution in [2.24, 2.45) is 11.8 Å². The molecule has 182 valence electrons. The van der Waals surface area contributed by atoms with Crippen LogP contribution in [-0.2, 0) is 11.2 Å². The van der Waals surface area contributed by atoms with Crippen LogP contribution in [0.15, 0.2) is 24.3 Å². The molecule has 1 nitrogen and oxygen atoms in total. The third kappa shape index (κ3) is 9.20. The molecule has 0 radical (unpaired) electrons. The lowest BCUT2D eigenvalue weighted by atomic mass is 9.78. The summed E-state index contributed by atoms with van der Waals surface area (Å²) in [5.41, 5.74) is 3.05. The second kappa shape index (κ2) is 15.2. The highest BCUT2D eigenvalue weighted by Gasteiger charge is 2.23. The van der Waals surface area contributed by atoms with Crippen molar-refractivity contribution in [2.75, 3.05) is 6.61 Å². The minimum atomic E-state index is 0.522. The maximum atomic E-state index is 6.32. The highest BCUT2D eigenvalue weighted by atomic mass is 16.5. The Kier molecular flexibility index (Phi) is 12.2. The van der Waals surface area contributed by atoms with Crippen LogP contribution in [-0.4, -0.2) is 12.7 Å². The lowest BCUT2D eigenvalue weighted by Crippen LogP contribution is -2.21. The van der Waals surface area contributed by atoms with Crippen LogP contribution in [0.25, 0.3) is 0 Å². The van der Waals surface area contributed by atoms with E-state index < -0.39 is 0 Å². The van der Waals surface area contributed by atoms with Gasteiger partial charge >= 0.3 is 0 Å². The Hall–Kier alpha value is -0.820. The van der Waals surface area contributed by atoms with Crippen LogP contribution >= 0.6 is 0 Å². The Balaban J connectivity index is 1.20. The predicted molar refractivity (Wildman–Crippen MR) is 139 cm³/mol. The van der Waals surface area contributed by atoms with Gasteiger partial charge in [0, 0.05) is 6.61 Å². The fourth-order valence-corrected chi connectivity index (χ4v) is 6.28. The molecule has 2 aliphatic carbocycles. The van der Waals surface area contributed by atoms with E-state index in [4.69, 9.17) is 4.74 Å². The first-order chi connectivity index (χ1) is 15.8. The normalized spacial score (nSPS) is 26.3. The highest BCUT2D eigenvalue weighted by Crippen LogP contribution is 2.36. The highest BCUT2D eigenvalue weighted by molar-refractivity contribution is 5.25. The SMILES string of the molecule is CCCCCCCC1CCC(CCCOC2CCC(c3ccc(CCC)cc3)CC2)CC1. The van der Waals surface area contributed by atoms with E-state index in [-0.39, 0.29) is 0 Å². The molecule has 1 heteroatoms. The Labute approximate surface area is 200 Å². The van der Waals surface area contributed by atoms with Crippen LogP contribution in [0.4, 0.5) is 0 Å². The van der Waals surface area contributed by atoms with E-state index in [0.717, 1.165) is 24.4 Å². The first-order valence-electron chi connectivity index (χ1n) is 14.5. The Morgan fingerprint density at radius 3 is 1.91 bits per heavy atom. The lowest BCUT2D eigenvalue weighted by molar-refractivity contribution is 0.0204. The lowest BCUT2D eigenvalue weighted by Gasteiger charge is -2.30. The van der Waals surface area contributed by atoms with Crippen LogP contribution in [0.2, 0.25) is 0 Å². The van der Waals surface area contributed by atoms with Gasteiger partial charge in [-0.25, -0.2) is 0 Å². The third-order valence-electron chi connectivity index (χ3n) is 8.46. The molecular formula is C31H52O. The number of rotatable bonds is 14. The largest absolute Gasteiger partial charge is 0.378 e. The minimum absolute atomic E-state index is 0.522. The number of hydrogen-bond acceptors (Lipinski definition) is 1. The van der Waals surface area contributed by atoms with Crippen molar-refractivity contribution in [3.05, 3.63) is 35.4 Å². The summed E-state index contributed by atoms with van der Waals surface area (Å²) < 4.78 is 6.32. The van der Waals surface area contributed by atoms with Gasteiger partial charge in [-0.05, 0) is 73.8 Å². The third-order valence-corrected chi connectivity index (χ3v) is 8.46. The first kappa shape index (κ1) is 25.8. The van der Waals surface area contributed by atoms with Gasteiger partial charge in [0.2, 0.25) is 0 Å². The van der Waals surface area contributed by atoms with Crippen LogP contribution in [0, 0.1) is 11.8 Å². The van der Waals surface area contributed by atoms with Crippen molar-refractivity contribution < 1.29 is 4.74 Å². The molecule has 0 N–H and O–H groups in total. The van der Waals surface area contributed by atoms with Crippen molar-refractivity contribution in [1.82, 2.24) is 0 Å². The Morgan fingerprint density at radius 1 is 0.656 bits per heavy atom. The van der Waals surface area contributed by atoms with Gasteiger partial charge in [0.25, 0.3) is 0 Å². The topological polar surface area (TPSA) is 9.23 Å². The quantitative estimate of drug-likeness (QED) is 0.262. The van der Waals surface area contributed by atoms with Crippen LogP contribution in [0.1, 0.15) is 140 Å². The molecule has 32 heavy (non-hydrogen) atoms. The van der Waals surface area contributed by atoms with Crippen molar-refractivity contribution in [1.29, 1.82) is 0 Å². The summed E-state index contributed by atoms with van der Waals surface area (Å²) in [4.78, 5) is 0. The first-order valence-corrected chi connectivity index (χ1v) is 14.5. The van der Waals surface area contributed by atoms with Gasteiger partial charge in [0.05, 0.1) is 6.10 Å². The summed E-state index contributed by atoms with van der Waals surface area (Å²) in [7, 11) is 0. The number of benzene rings is 1. The summed E-state index contributed by atoms with van der Waals surface area (Å²) in [6.07, 6.45) is 25.5. The predicted octanol–water partition coefficient (Wildman–Crippen LogP) is 9.63. The molecule has 0 aliphatic heterocycles. The molecule has 0 bridgehead atoms. The fourth-order valence-electron chi connectivity index (χ4n) is 6.28. The van der Waals surface area contributed by atoms with Crippen LogP contribution in [0.3, 0.4) is 0 Å². The number of hydrogen-bond donors (Lipinski definition) is 0. The van der Waals surface area contributed by atoms with E-state index in [2.05, 4.69) is 38.1 Å². The average Bonchev–Trinajstić information content (AvgIpc) is 2.84. The number of unbranched alkanes of at least 4 members (excludes halogenated alkanes) is 4. The van der Waals surface area contributed by atoms with Crippen molar-refractivity contribution in [3.63, 3.8) is 0 Å². The smallest absolute Gasteiger partial charge is 0.0575 e. The second-order valence-electron chi connectivity index (χ2n) is 11.1. The van der Waals surface area contributed by atoms with Gasteiger partial charge in [-0.1, -0.05) is 109 Å². The van der Waals surface area contributed by atoms with Gasteiger partial charge in [-0.2, -0.15) is 0 Å². The standard InChI is InChI=1S/C31H52O/c1-3-5-6-7-8-11-27-13-15-28(16-14-27)12-9-25-32-31-23-21-30(22-24-31)29-19-17-26(10-4-2)18-20-29/h17-20,27-28,30-31H,3-16,21-25H2,1-2H3. The average molecular weight is 441 g/mol. The maximum Gasteiger partial charge on any atom is 0.0575 e. The summed E-state index contributed by atoms with van der Waals surface area (Å²) in [5, 5.41) is 0. The van der Waals surface area contributed by atoms with Crippen molar-refractivity contribution in [2.45, 2.75) is 141 Å². The monoisotopic (exact) mass is 440 g/mol. The molecule has 0 amide bonds. The molecule has 1 aromatic carbocycles. The van der Waals surface area contributed by atoms with Gasteiger partial charge in [0.1, 0.15) is 0 Å². The van der Waals surface area contributed by atoms with Crippen LogP contribution in [0.5, 0.6) is 0 Å². The summed E-state index contributed by atoms with van der Waals surface area (Å²) in [6.45, 7) is 5.57. The second-order valence-corrected chi connectivity index (χ2v) is 11.1. The fraction of sp³-hybridized carbons (Fsp3) is 0.806. The van der Waals surface area contributed by atoms with E-state index in [9.17, 15) is 0 Å². The van der Waals surface area contributed by atoms with Crippen molar-refractivity contribution >= 4 is 0 Å². The molecule has 0 unspecified atom stereocenters. The Bertz CT molecular complexity index is 575. The number of aryl methyl sites for hydroxylation is 1. The van der Waals surface area contributed by atoms with Gasteiger partial charge in [0.15, 0.2) is 0 Å². The molecule has 0 spiro atoms. The van der Waals surface area contributed by atoms with E-state index in [1.165, 1.54) is 121 Å². The molecule has 0 aromatic heterocycles. The van der Waals surface area contributed by atoms with E-state index >= 15 is 0 Å². The molecule has 2 fully saturated rings. The molecule has 2 saturated carbocycles. The van der Waals surface area contributed by atoms with E-state index in [1.807, 2.05) is 0 Å². The zero-order chi connectivity index (χ0) is 22.4. The van der Waals surface area contributed by atoms with E-state index in [1.54, 1.807) is 5.56 Å². The molecule has 3 rings (SSSR count). The van der Waals surface area contributed by atoms with Gasteiger partial charge in [-0.3, -0.25) is 0 Å². The van der Waals surface area contributed by atoms with Gasteiger partial charge in [-0.15, -0.1) is 0 Å². The molecule has 2 aliphatic rings. The number of ether oxygens (including phenoxy) is 1. The summed E-state index contributed by atoms with van der Waals surface area (Å²) >= 11 is 0. The van der Waals surface area contributed by atoms with Crippen LogP contribution < -0.4 is 0 Å². The zero-order valence-corrected chi connectivity index (χ0v) is 21.5. The van der Waals surface area contributed by atoms with E-state index in [0.29, 0.717) is 6.10 Å². The Morgan fingerprint density at radius 2 is 1.28 bits per heavy atom. The molecule has 1 aromatic rings.